The number of hydrogen-bond acceptors (Lipinski definition) is 4. The zero-order chi connectivity index (χ0) is 27.7. The Morgan fingerprint density at radius 1 is 0.923 bits per heavy atom. The van der Waals surface area contributed by atoms with E-state index in [1.165, 1.54) is 5.56 Å². The number of carbonyl (C=O) groups excluding carboxylic acids is 1. The summed E-state index contributed by atoms with van der Waals surface area (Å²) in [5.74, 6) is -3.21. The van der Waals surface area contributed by atoms with E-state index in [9.17, 15) is 22.0 Å². The standard InChI is InChI=1S/C30H29F2N3O3S/c31-28-16-15-27(21-29(28)32)39(37,38)34-30(36)17-14-25-13-12-24(22-35-19-7-18-33-35)20-26(25)11-6-2-5-10-23-8-3-1-4-9-23/h1,3-4,6-9,11-13,15-16,18-21H,2,5,10,14,17,22H2,(H,34,36)/b11-6+. The molecule has 0 saturated heterocycles. The molecule has 6 nitrogen and oxygen atoms in total. The fourth-order valence-corrected chi connectivity index (χ4v) is 5.16. The van der Waals surface area contributed by atoms with E-state index in [1.54, 1.807) is 6.20 Å². The number of nitrogens with zero attached hydrogens (tertiary/aromatic N) is 2. The van der Waals surface area contributed by atoms with Gasteiger partial charge in [0.15, 0.2) is 11.6 Å². The third kappa shape index (κ3) is 8.19. The Morgan fingerprint density at radius 3 is 2.49 bits per heavy atom. The first kappa shape index (κ1) is 27.9. The van der Waals surface area contributed by atoms with Crippen molar-refractivity contribution >= 4 is 22.0 Å². The minimum atomic E-state index is -4.32. The summed E-state index contributed by atoms with van der Waals surface area (Å²) in [5.41, 5.74) is 4.16. The van der Waals surface area contributed by atoms with Crippen LogP contribution in [0.15, 0.2) is 96.2 Å². The summed E-state index contributed by atoms with van der Waals surface area (Å²) in [6.07, 6.45) is 10.8. The number of allylic oxidation sites excluding steroid dienone is 1. The van der Waals surface area contributed by atoms with Gasteiger partial charge in [-0.3, -0.25) is 9.48 Å². The van der Waals surface area contributed by atoms with Crippen LogP contribution in [-0.2, 0) is 34.2 Å². The summed E-state index contributed by atoms with van der Waals surface area (Å²) in [6, 6.07) is 20.2. The van der Waals surface area contributed by atoms with Gasteiger partial charge in [-0.15, -0.1) is 0 Å². The van der Waals surface area contributed by atoms with Crippen molar-refractivity contribution in [3.63, 3.8) is 0 Å². The maximum Gasteiger partial charge on any atom is 0.264 e. The second kappa shape index (κ2) is 13.1. The summed E-state index contributed by atoms with van der Waals surface area (Å²) in [4.78, 5) is 12.0. The number of nitrogens with one attached hydrogen (secondary N) is 1. The molecule has 0 aliphatic heterocycles. The molecule has 39 heavy (non-hydrogen) atoms. The smallest absolute Gasteiger partial charge is 0.264 e. The van der Waals surface area contributed by atoms with E-state index in [1.807, 2.05) is 64.1 Å². The molecular weight excluding hydrogens is 520 g/mol. The van der Waals surface area contributed by atoms with Gasteiger partial charge in [-0.25, -0.2) is 21.9 Å². The number of halogens is 2. The Bertz CT molecular complexity index is 1540. The summed E-state index contributed by atoms with van der Waals surface area (Å²) in [5, 5.41) is 4.25. The number of aromatic nitrogens is 2. The summed E-state index contributed by atoms with van der Waals surface area (Å²) < 4.78 is 55.3. The fourth-order valence-electron chi connectivity index (χ4n) is 4.14. The molecule has 1 aromatic heterocycles. The highest BCUT2D eigenvalue weighted by atomic mass is 32.2. The predicted octanol–water partition coefficient (Wildman–Crippen LogP) is 5.68. The van der Waals surface area contributed by atoms with Crippen LogP contribution in [0.1, 0.15) is 41.5 Å². The molecule has 3 aromatic carbocycles. The molecule has 0 spiro atoms. The summed E-state index contributed by atoms with van der Waals surface area (Å²) in [7, 11) is -4.32. The first-order valence-electron chi connectivity index (χ1n) is 12.6. The number of carbonyl (C=O) groups is 1. The predicted molar refractivity (Wildman–Crippen MR) is 146 cm³/mol. The lowest BCUT2D eigenvalue weighted by atomic mass is 9.98. The normalized spacial score (nSPS) is 11.6. The van der Waals surface area contributed by atoms with Crippen molar-refractivity contribution in [3.8, 4) is 0 Å². The van der Waals surface area contributed by atoms with Crippen molar-refractivity contribution in [3.05, 3.63) is 125 Å². The molecule has 0 fully saturated rings. The first-order chi connectivity index (χ1) is 18.8. The van der Waals surface area contributed by atoms with Crippen molar-refractivity contribution in [2.24, 2.45) is 0 Å². The largest absolute Gasteiger partial charge is 0.274 e. The molecule has 0 aliphatic rings. The lowest BCUT2D eigenvalue weighted by molar-refractivity contribution is -0.119. The van der Waals surface area contributed by atoms with Gasteiger partial charge in [-0.1, -0.05) is 54.6 Å². The monoisotopic (exact) mass is 549 g/mol. The van der Waals surface area contributed by atoms with Gasteiger partial charge in [0.2, 0.25) is 5.91 Å². The number of amides is 1. The van der Waals surface area contributed by atoms with Crippen LogP contribution in [-0.4, -0.2) is 24.1 Å². The van der Waals surface area contributed by atoms with Gasteiger partial charge in [0, 0.05) is 18.8 Å². The van der Waals surface area contributed by atoms with Crippen molar-refractivity contribution in [2.45, 2.75) is 43.5 Å². The Kier molecular flexibility index (Phi) is 9.38. The third-order valence-corrected chi connectivity index (χ3v) is 7.53. The molecule has 4 rings (SSSR count). The van der Waals surface area contributed by atoms with Gasteiger partial charge in [-0.05, 0) is 78.3 Å². The van der Waals surface area contributed by atoms with Crippen molar-refractivity contribution in [1.29, 1.82) is 0 Å². The second-order valence-electron chi connectivity index (χ2n) is 9.12. The van der Waals surface area contributed by atoms with E-state index in [0.29, 0.717) is 25.1 Å². The number of rotatable bonds is 12. The molecule has 9 heteroatoms. The highest BCUT2D eigenvalue weighted by Crippen LogP contribution is 2.19. The fraction of sp³-hybridized carbons (Fsp3) is 0.200. The third-order valence-electron chi connectivity index (χ3n) is 6.16. The lowest BCUT2D eigenvalue weighted by Crippen LogP contribution is -2.30. The highest BCUT2D eigenvalue weighted by Gasteiger charge is 2.19. The average molecular weight is 550 g/mol. The Labute approximate surface area is 227 Å². The molecule has 202 valence electrons. The molecule has 0 radical (unpaired) electrons. The number of unbranched alkanes of at least 4 members (excludes halogenated alkanes) is 1. The van der Waals surface area contributed by atoms with Gasteiger partial charge < -0.3 is 0 Å². The maximum absolute atomic E-state index is 13.5. The van der Waals surface area contributed by atoms with Crippen molar-refractivity contribution in [1.82, 2.24) is 14.5 Å². The molecule has 0 saturated carbocycles. The van der Waals surface area contributed by atoms with Crippen LogP contribution >= 0.6 is 0 Å². The zero-order valence-corrected chi connectivity index (χ0v) is 22.1. The van der Waals surface area contributed by atoms with Gasteiger partial charge in [0.05, 0.1) is 11.4 Å². The topological polar surface area (TPSA) is 81.1 Å². The summed E-state index contributed by atoms with van der Waals surface area (Å²) >= 11 is 0. The highest BCUT2D eigenvalue weighted by molar-refractivity contribution is 7.90. The molecule has 0 aliphatic carbocycles. The van der Waals surface area contributed by atoms with Gasteiger partial charge >= 0.3 is 0 Å². The quantitative estimate of drug-likeness (QED) is 0.231. The zero-order valence-electron chi connectivity index (χ0n) is 21.3. The SMILES string of the molecule is O=C(CCc1ccc(Cn2cccn2)cc1/C=C/CCCc1ccccc1)NS(=O)(=O)c1ccc(F)c(F)c1. The van der Waals surface area contributed by atoms with Crippen LogP contribution in [0, 0.1) is 11.6 Å². The number of sulfonamides is 1. The molecule has 0 bridgehead atoms. The Hall–Kier alpha value is -4.11. The van der Waals surface area contributed by atoms with E-state index >= 15 is 0 Å². The second-order valence-corrected chi connectivity index (χ2v) is 10.8. The average Bonchev–Trinajstić information content (AvgIpc) is 3.43. The number of benzene rings is 3. The molecule has 1 N–H and O–H groups in total. The molecule has 1 heterocycles. The van der Waals surface area contributed by atoms with Gasteiger partial charge in [0.1, 0.15) is 0 Å². The maximum atomic E-state index is 13.5. The van der Waals surface area contributed by atoms with Crippen molar-refractivity contribution in [2.75, 3.05) is 0 Å². The molecule has 4 aromatic rings. The van der Waals surface area contributed by atoms with Crippen LogP contribution in [0.5, 0.6) is 0 Å². The number of hydrogen-bond donors (Lipinski definition) is 1. The van der Waals surface area contributed by atoms with Gasteiger partial charge in [-0.2, -0.15) is 5.10 Å². The van der Waals surface area contributed by atoms with Crippen LogP contribution in [0.4, 0.5) is 8.78 Å². The van der Waals surface area contributed by atoms with Crippen LogP contribution in [0.25, 0.3) is 6.08 Å². The lowest BCUT2D eigenvalue weighted by Gasteiger charge is -2.11. The van der Waals surface area contributed by atoms with Gasteiger partial charge in [0.25, 0.3) is 10.0 Å². The molecule has 1 amide bonds. The number of aryl methyl sites for hydroxylation is 2. The van der Waals surface area contributed by atoms with Crippen LogP contribution in [0.2, 0.25) is 0 Å². The minimum absolute atomic E-state index is 0.101. The van der Waals surface area contributed by atoms with E-state index in [2.05, 4.69) is 23.3 Å². The Morgan fingerprint density at radius 2 is 1.74 bits per heavy atom. The molecule has 0 unspecified atom stereocenters. The minimum Gasteiger partial charge on any atom is -0.274 e. The molecule has 0 atom stereocenters. The van der Waals surface area contributed by atoms with E-state index in [-0.39, 0.29) is 6.42 Å². The van der Waals surface area contributed by atoms with E-state index in [0.717, 1.165) is 42.0 Å². The Balaban J connectivity index is 1.42. The van der Waals surface area contributed by atoms with Crippen LogP contribution < -0.4 is 4.72 Å². The first-order valence-corrected chi connectivity index (χ1v) is 14.1. The van der Waals surface area contributed by atoms with E-state index in [4.69, 9.17) is 0 Å². The van der Waals surface area contributed by atoms with Crippen molar-refractivity contribution < 1.29 is 22.0 Å². The molecular formula is C30H29F2N3O3S. The summed E-state index contributed by atoms with van der Waals surface area (Å²) in [6.45, 7) is 0.592. The van der Waals surface area contributed by atoms with Crippen LogP contribution in [0.3, 0.4) is 0 Å². The van der Waals surface area contributed by atoms with E-state index < -0.39 is 32.5 Å².